The molecule has 7 heteroatoms. The van der Waals surface area contributed by atoms with Gasteiger partial charge >= 0.3 is 0 Å². The van der Waals surface area contributed by atoms with E-state index in [0.717, 1.165) is 16.8 Å². The molecular weight excluding hydrogens is 326 g/mol. The Hall–Kier alpha value is -2.91. The first kappa shape index (κ1) is 16.0. The predicted molar refractivity (Wildman–Crippen MR) is 92.1 cm³/mol. The topological polar surface area (TPSA) is 83.6 Å². The molecule has 0 radical (unpaired) electrons. The number of halogens is 1. The van der Waals surface area contributed by atoms with Crippen molar-refractivity contribution in [2.45, 2.75) is 13.8 Å². The summed E-state index contributed by atoms with van der Waals surface area (Å²) in [5.41, 5.74) is 3.43. The molecule has 3 aromatic rings. The molecule has 24 heavy (non-hydrogen) atoms. The second-order valence-electron chi connectivity index (χ2n) is 5.48. The summed E-state index contributed by atoms with van der Waals surface area (Å²) in [6.45, 7) is 3.67. The lowest BCUT2D eigenvalue weighted by Gasteiger charge is -2.08. The van der Waals surface area contributed by atoms with Gasteiger partial charge in [-0.2, -0.15) is 10.4 Å². The summed E-state index contributed by atoms with van der Waals surface area (Å²) in [5, 5.41) is 17.2. The van der Waals surface area contributed by atoms with Crippen molar-refractivity contribution in [2.75, 3.05) is 5.32 Å². The maximum Gasteiger partial charge on any atom is 0.256 e. The molecule has 6 nitrogen and oxygen atoms in total. The largest absolute Gasteiger partial charge is 0.322 e. The van der Waals surface area contributed by atoms with Crippen LogP contribution in [0.1, 0.15) is 27.3 Å². The third kappa shape index (κ3) is 2.70. The van der Waals surface area contributed by atoms with Crippen LogP contribution in [0.2, 0.25) is 5.02 Å². The molecule has 0 spiro atoms. The van der Waals surface area contributed by atoms with Crippen LogP contribution in [0.3, 0.4) is 0 Å². The zero-order valence-corrected chi connectivity index (χ0v) is 14.1. The number of fused-ring (bicyclic) bond motifs is 1. The number of rotatable bonds is 2. The Bertz CT molecular complexity index is 1020. The van der Waals surface area contributed by atoms with E-state index in [2.05, 4.69) is 15.4 Å². The number of hydrogen-bond acceptors (Lipinski definition) is 4. The zero-order chi connectivity index (χ0) is 17.4. The van der Waals surface area contributed by atoms with E-state index in [0.29, 0.717) is 27.5 Å². The summed E-state index contributed by atoms with van der Waals surface area (Å²) in [4.78, 5) is 17.2. The van der Waals surface area contributed by atoms with Gasteiger partial charge in [0.1, 0.15) is 6.07 Å². The van der Waals surface area contributed by atoms with Gasteiger partial charge in [-0.15, -0.1) is 0 Å². The van der Waals surface area contributed by atoms with E-state index in [1.807, 2.05) is 19.9 Å². The highest BCUT2D eigenvalue weighted by molar-refractivity contribution is 6.31. The number of hydrogen-bond donors (Lipinski definition) is 1. The van der Waals surface area contributed by atoms with Gasteiger partial charge in [-0.3, -0.25) is 9.48 Å². The van der Waals surface area contributed by atoms with Gasteiger partial charge < -0.3 is 5.32 Å². The van der Waals surface area contributed by atoms with Crippen molar-refractivity contribution in [1.29, 1.82) is 5.26 Å². The Morgan fingerprint density at radius 2 is 2.08 bits per heavy atom. The average molecular weight is 340 g/mol. The second-order valence-corrected chi connectivity index (χ2v) is 5.89. The van der Waals surface area contributed by atoms with E-state index in [-0.39, 0.29) is 5.91 Å². The Morgan fingerprint density at radius 1 is 1.33 bits per heavy atom. The SMILES string of the molecule is Cc1cc(C(=O)Nc2ccc(Cl)c(C#N)c2)c2c(C)nn(C)c2n1. The standard InChI is InChI=1S/C17H14ClN5O/c1-9-6-13(15-10(2)22-23(3)16(15)20-9)17(24)21-12-4-5-14(18)11(7-12)8-19/h4-7H,1-3H3,(H,21,24). The number of nitriles is 1. The monoisotopic (exact) mass is 339 g/mol. The minimum absolute atomic E-state index is 0.284. The lowest BCUT2D eigenvalue weighted by Crippen LogP contribution is -2.13. The normalized spacial score (nSPS) is 10.6. The lowest BCUT2D eigenvalue weighted by atomic mass is 10.1. The van der Waals surface area contributed by atoms with E-state index in [4.69, 9.17) is 16.9 Å². The maximum absolute atomic E-state index is 12.7. The van der Waals surface area contributed by atoms with Crippen molar-refractivity contribution >= 4 is 34.2 Å². The van der Waals surface area contributed by atoms with Crippen LogP contribution in [-0.2, 0) is 7.05 Å². The molecule has 0 atom stereocenters. The molecule has 2 heterocycles. The zero-order valence-electron chi connectivity index (χ0n) is 13.4. The summed E-state index contributed by atoms with van der Waals surface area (Å²) in [5.74, 6) is -0.284. The van der Waals surface area contributed by atoms with Crippen molar-refractivity contribution in [2.24, 2.45) is 7.05 Å². The van der Waals surface area contributed by atoms with Crippen LogP contribution in [0, 0.1) is 25.2 Å². The third-order valence-corrected chi connectivity index (χ3v) is 4.02. The number of nitrogens with one attached hydrogen (secondary N) is 1. The maximum atomic E-state index is 12.7. The fraction of sp³-hybridized carbons (Fsp3) is 0.176. The highest BCUT2D eigenvalue weighted by Gasteiger charge is 2.18. The summed E-state index contributed by atoms with van der Waals surface area (Å²) >= 11 is 5.92. The molecule has 2 aromatic heterocycles. The molecule has 0 aliphatic carbocycles. The van der Waals surface area contributed by atoms with Gasteiger partial charge in [0.05, 0.1) is 27.2 Å². The van der Waals surface area contributed by atoms with Crippen LogP contribution in [0.4, 0.5) is 5.69 Å². The second kappa shape index (κ2) is 5.95. The van der Waals surface area contributed by atoms with E-state index in [1.54, 1.807) is 36.0 Å². The molecular formula is C17H14ClN5O. The fourth-order valence-corrected chi connectivity index (χ4v) is 2.80. The number of carbonyl (C=O) groups excluding carboxylic acids is 1. The number of carbonyl (C=O) groups is 1. The van der Waals surface area contributed by atoms with Crippen LogP contribution < -0.4 is 5.32 Å². The smallest absolute Gasteiger partial charge is 0.256 e. The lowest BCUT2D eigenvalue weighted by molar-refractivity contribution is 0.102. The van der Waals surface area contributed by atoms with Gasteiger partial charge in [0, 0.05) is 18.4 Å². The van der Waals surface area contributed by atoms with Crippen LogP contribution in [0.5, 0.6) is 0 Å². The quantitative estimate of drug-likeness (QED) is 0.775. The minimum atomic E-state index is -0.284. The van der Waals surface area contributed by atoms with Gasteiger partial charge in [0.25, 0.3) is 5.91 Å². The van der Waals surface area contributed by atoms with Crippen molar-refractivity contribution in [3.63, 3.8) is 0 Å². The van der Waals surface area contributed by atoms with Crippen molar-refractivity contribution in [1.82, 2.24) is 14.8 Å². The molecule has 0 bridgehead atoms. The minimum Gasteiger partial charge on any atom is -0.322 e. The predicted octanol–water partition coefficient (Wildman–Crippen LogP) is 3.36. The van der Waals surface area contributed by atoms with Gasteiger partial charge in [-0.25, -0.2) is 4.98 Å². The van der Waals surface area contributed by atoms with Crippen molar-refractivity contribution in [3.05, 3.63) is 51.8 Å². The van der Waals surface area contributed by atoms with E-state index >= 15 is 0 Å². The Morgan fingerprint density at radius 3 is 2.79 bits per heavy atom. The highest BCUT2D eigenvalue weighted by Crippen LogP contribution is 2.24. The number of pyridine rings is 1. The molecule has 0 aliphatic rings. The molecule has 0 aliphatic heterocycles. The number of amides is 1. The van der Waals surface area contributed by atoms with Crippen LogP contribution in [0.15, 0.2) is 24.3 Å². The third-order valence-electron chi connectivity index (χ3n) is 3.69. The molecule has 1 amide bonds. The first-order valence-electron chi connectivity index (χ1n) is 7.22. The Labute approximate surface area is 143 Å². The van der Waals surface area contributed by atoms with E-state index in [9.17, 15) is 4.79 Å². The van der Waals surface area contributed by atoms with E-state index in [1.165, 1.54) is 0 Å². The van der Waals surface area contributed by atoms with Gasteiger partial charge in [0.15, 0.2) is 5.65 Å². The summed E-state index contributed by atoms with van der Waals surface area (Å²) < 4.78 is 1.66. The number of anilines is 1. The van der Waals surface area contributed by atoms with Crippen molar-refractivity contribution in [3.8, 4) is 6.07 Å². The molecule has 0 saturated carbocycles. The average Bonchev–Trinajstić information content (AvgIpc) is 2.82. The van der Waals surface area contributed by atoms with Gasteiger partial charge in [0.2, 0.25) is 0 Å². The van der Waals surface area contributed by atoms with Crippen molar-refractivity contribution < 1.29 is 4.79 Å². The van der Waals surface area contributed by atoms with E-state index < -0.39 is 0 Å². The Kier molecular flexibility index (Phi) is 3.96. The number of aryl methyl sites for hydroxylation is 3. The van der Waals surface area contributed by atoms with Crippen LogP contribution >= 0.6 is 11.6 Å². The fourth-order valence-electron chi connectivity index (χ4n) is 2.64. The summed E-state index contributed by atoms with van der Waals surface area (Å²) in [6, 6.07) is 8.50. The molecule has 0 unspecified atom stereocenters. The number of benzene rings is 1. The summed E-state index contributed by atoms with van der Waals surface area (Å²) in [6.07, 6.45) is 0. The first-order valence-corrected chi connectivity index (χ1v) is 7.60. The number of aromatic nitrogens is 3. The molecule has 1 aromatic carbocycles. The number of nitrogens with zero attached hydrogens (tertiary/aromatic N) is 4. The van der Waals surface area contributed by atoms with Gasteiger partial charge in [-0.1, -0.05) is 11.6 Å². The molecule has 0 fully saturated rings. The molecule has 3 rings (SSSR count). The molecule has 120 valence electrons. The van der Waals surface area contributed by atoms with Gasteiger partial charge in [-0.05, 0) is 38.1 Å². The Balaban J connectivity index is 2.05. The summed E-state index contributed by atoms with van der Waals surface area (Å²) in [7, 11) is 1.79. The molecule has 1 N–H and O–H groups in total. The molecule has 0 saturated heterocycles. The van der Waals surface area contributed by atoms with Crippen LogP contribution in [0.25, 0.3) is 11.0 Å². The first-order chi connectivity index (χ1) is 11.4. The van der Waals surface area contributed by atoms with Crippen LogP contribution in [-0.4, -0.2) is 20.7 Å². The highest BCUT2D eigenvalue weighted by atomic mass is 35.5.